The molecule has 0 bridgehead atoms. The van der Waals surface area contributed by atoms with Crippen molar-refractivity contribution < 1.29 is 4.74 Å². The van der Waals surface area contributed by atoms with E-state index in [1.54, 1.807) is 7.11 Å². The number of hydrogen-bond acceptors (Lipinski definition) is 2. The lowest BCUT2D eigenvalue weighted by Gasteiger charge is -2.12. The fourth-order valence-electron chi connectivity index (χ4n) is 2.87. The van der Waals surface area contributed by atoms with E-state index in [0.29, 0.717) is 12.1 Å². The van der Waals surface area contributed by atoms with Crippen molar-refractivity contribution in [2.45, 2.75) is 25.4 Å². The number of fused-ring (bicyclic) bond motifs is 1. The zero-order valence-corrected chi connectivity index (χ0v) is 11.5. The Morgan fingerprint density at radius 2 is 2.11 bits per heavy atom. The van der Waals surface area contributed by atoms with Gasteiger partial charge in [0.1, 0.15) is 5.75 Å². The second-order valence-corrected chi connectivity index (χ2v) is 5.46. The summed E-state index contributed by atoms with van der Waals surface area (Å²) in [7, 11) is 6.05. The van der Waals surface area contributed by atoms with Gasteiger partial charge in [-0.1, -0.05) is 0 Å². The molecule has 3 heteroatoms. The number of methoxy groups -OCH3 is 1. The van der Waals surface area contributed by atoms with Gasteiger partial charge < -0.3 is 14.2 Å². The summed E-state index contributed by atoms with van der Waals surface area (Å²) in [6.45, 7) is 2.11. The Kier molecular flexibility index (Phi) is 2.59. The lowest BCUT2D eigenvalue weighted by molar-refractivity contribution is 0.376. The molecule has 1 heterocycles. The molecule has 0 radical (unpaired) electrons. The van der Waals surface area contributed by atoms with E-state index in [4.69, 9.17) is 4.74 Å². The van der Waals surface area contributed by atoms with Gasteiger partial charge in [-0.3, -0.25) is 0 Å². The molecule has 2 unspecified atom stereocenters. The summed E-state index contributed by atoms with van der Waals surface area (Å²) in [4.78, 5) is 2.30. The second kappa shape index (κ2) is 4.02. The van der Waals surface area contributed by atoms with Crippen LogP contribution < -0.4 is 4.74 Å². The minimum Gasteiger partial charge on any atom is -0.495 e. The Morgan fingerprint density at radius 3 is 2.72 bits per heavy atom. The molecule has 3 rings (SSSR count). The molecule has 1 aromatic heterocycles. The average molecular weight is 244 g/mol. The molecule has 0 aliphatic heterocycles. The Morgan fingerprint density at radius 1 is 1.33 bits per heavy atom. The van der Waals surface area contributed by atoms with Crippen LogP contribution in [0.1, 0.15) is 18.0 Å². The number of aromatic nitrogens is 1. The molecule has 0 N–H and O–H groups in total. The van der Waals surface area contributed by atoms with Crippen molar-refractivity contribution in [3.05, 3.63) is 30.0 Å². The Hall–Kier alpha value is -1.48. The topological polar surface area (TPSA) is 17.4 Å². The highest BCUT2D eigenvalue weighted by atomic mass is 16.5. The first-order valence-electron chi connectivity index (χ1n) is 6.43. The molecule has 18 heavy (non-hydrogen) atoms. The first-order chi connectivity index (χ1) is 8.61. The van der Waals surface area contributed by atoms with E-state index in [0.717, 1.165) is 5.75 Å². The number of benzene rings is 1. The molecule has 0 amide bonds. The summed E-state index contributed by atoms with van der Waals surface area (Å²) < 4.78 is 7.92. The molecule has 1 aliphatic carbocycles. The molecule has 96 valence electrons. The van der Waals surface area contributed by atoms with Crippen molar-refractivity contribution in [1.82, 2.24) is 9.47 Å². The van der Waals surface area contributed by atoms with Gasteiger partial charge in [0.2, 0.25) is 0 Å². The van der Waals surface area contributed by atoms with Crippen LogP contribution in [0.25, 0.3) is 10.9 Å². The van der Waals surface area contributed by atoms with Crippen LogP contribution in [0.2, 0.25) is 0 Å². The van der Waals surface area contributed by atoms with Gasteiger partial charge in [-0.05, 0) is 51.2 Å². The van der Waals surface area contributed by atoms with Crippen molar-refractivity contribution in [3.63, 3.8) is 0 Å². The van der Waals surface area contributed by atoms with Gasteiger partial charge in [0.05, 0.1) is 18.7 Å². The molecular weight excluding hydrogens is 224 g/mol. The normalized spacial score (nSPS) is 22.7. The fraction of sp³-hybridized carbons (Fsp3) is 0.467. The number of rotatable bonds is 3. The predicted octanol–water partition coefficient (Wildman–Crippen LogP) is 2.83. The maximum Gasteiger partial charge on any atom is 0.143 e. The first kappa shape index (κ1) is 11.6. The highest BCUT2D eigenvalue weighted by Crippen LogP contribution is 2.43. The molecule has 1 fully saturated rings. The number of ether oxygens (including phenoxy) is 1. The summed E-state index contributed by atoms with van der Waals surface area (Å²) in [5.41, 5.74) is 2.48. The molecule has 3 nitrogen and oxygen atoms in total. The molecule has 0 spiro atoms. The second-order valence-electron chi connectivity index (χ2n) is 5.46. The quantitative estimate of drug-likeness (QED) is 0.826. The molecular formula is C15H20N2O. The number of aryl methyl sites for hydroxylation is 1. The van der Waals surface area contributed by atoms with Crippen molar-refractivity contribution in [2.75, 3.05) is 21.2 Å². The van der Waals surface area contributed by atoms with Crippen molar-refractivity contribution in [2.24, 2.45) is 0 Å². The minimum atomic E-state index is 0.592. The highest BCUT2D eigenvalue weighted by Gasteiger charge is 2.41. The minimum absolute atomic E-state index is 0.592. The highest BCUT2D eigenvalue weighted by molar-refractivity contribution is 5.87. The molecule has 2 atom stereocenters. The number of nitrogens with zero attached hydrogens (tertiary/aromatic N) is 2. The van der Waals surface area contributed by atoms with E-state index in [-0.39, 0.29) is 0 Å². The van der Waals surface area contributed by atoms with Crippen LogP contribution in [0.15, 0.2) is 24.4 Å². The summed E-state index contributed by atoms with van der Waals surface area (Å²) >= 11 is 0. The van der Waals surface area contributed by atoms with E-state index in [9.17, 15) is 0 Å². The van der Waals surface area contributed by atoms with Crippen molar-refractivity contribution in [3.8, 4) is 5.75 Å². The van der Waals surface area contributed by atoms with Gasteiger partial charge in [0.15, 0.2) is 0 Å². The predicted molar refractivity (Wildman–Crippen MR) is 74.4 cm³/mol. The van der Waals surface area contributed by atoms with E-state index in [1.165, 1.54) is 22.9 Å². The van der Waals surface area contributed by atoms with Gasteiger partial charge in [0.25, 0.3) is 0 Å². The Labute approximate surface area is 108 Å². The van der Waals surface area contributed by atoms with Crippen LogP contribution in [-0.4, -0.2) is 36.7 Å². The Balaban J connectivity index is 2.09. The number of likely N-dealkylation sites (N-methyl/N-ethyl adjacent to an activating group) is 1. The summed E-state index contributed by atoms with van der Waals surface area (Å²) in [5, 5.41) is 1.27. The maximum absolute atomic E-state index is 5.55. The van der Waals surface area contributed by atoms with Crippen LogP contribution in [0, 0.1) is 6.92 Å². The van der Waals surface area contributed by atoms with Crippen LogP contribution in [-0.2, 0) is 0 Å². The lowest BCUT2D eigenvalue weighted by atomic mass is 10.1. The van der Waals surface area contributed by atoms with Gasteiger partial charge in [-0.25, -0.2) is 0 Å². The summed E-state index contributed by atoms with van der Waals surface area (Å²) in [6.07, 6.45) is 3.43. The van der Waals surface area contributed by atoms with Crippen molar-refractivity contribution >= 4 is 10.9 Å². The first-order valence-corrected chi connectivity index (χ1v) is 6.43. The van der Waals surface area contributed by atoms with E-state index < -0.39 is 0 Å². The van der Waals surface area contributed by atoms with Gasteiger partial charge in [-0.2, -0.15) is 0 Å². The third-order valence-corrected chi connectivity index (χ3v) is 3.89. The monoisotopic (exact) mass is 244 g/mol. The Bertz CT molecular complexity index is 585. The third kappa shape index (κ3) is 1.70. The third-order valence-electron chi connectivity index (χ3n) is 3.89. The van der Waals surface area contributed by atoms with Gasteiger partial charge in [-0.15, -0.1) is 0 Å². The SMILES string of the molecule is COc1cc(C)cc2ccn(C3CC3N(C)C)c12. The smallest absolute Gasteiger partial charge is 0.143 e. The zero-order valence-electron chi connectivity index (χ0n) is 11.5. The maximum atomic E-state index is 5.55. The van der Waals surface area contributed by atoms with Crippen LogP contribution in [0.5, 0.6) is 5.75 Å². The molecule has 2 aromatic rings. The van der Waals surface area contributed by atoms with Crippen LogP contribution in [0.3, 0.4) is 0 Å². The van der Waals surface area contributed by atoms with Gasteiger partial charge in [0, 0.05) is 17.6 Å². The largest absolute Gasteiger partial charge is 0.495 e. The summed E-state index contributed by atoms with van der Waals surface area (Å²) in [6, 6.07) is 7.78. The fourth-order valence-corrected chi connectivity index (χ4v) is 2.87. The summed E-state index contributed by atoms with van der Waals surface area (Å²) in [5.74, 6) is 0.986. The van der Waals surface area contributed by atoms with E-state index >= 15 is 0 Å². The lowest BCUT2D eigenvalue weighted by Crippen LogP contribution is -2.17. The number of hydrogen-bond donors (Lipinski definition) is 0. The zero-order chi connectivity index (χ0) is 12.9. The molecule has 1 saturated carbocycles. The average Bonchev–Trinajstić information content (AvgIpc) is 3.02. The molecule has 1 aromatic carbocycles. The molecule has 0 saturated heterocycles. The van der Waals surface area contributed by atoms with Gasteiger partial charge >= 0.3 is 0 Å². The van der Waals surface area contributed by atoms with Crippen LogP contribution in [0.4, 0.5) is 0 Å². The van der Waals surface area contributed by atoms with E-state index in [1.807, 2.05) is 0 Å². The van der Waals surface area contributed by atoms with Crippen LogP contribution >= 0.6 is 0 Å². The van der Waals surface area contributed by atoms with Crippen molar-refractivity contribution in [1.29, 1.82) is 0 Å². The van der Waals surface area contributed by atoms with E-state index in [2.05, 4.69) is 54.9 Å². The standard InChI is InChI=1S/C15H20N2O/c1-10-7-11-5-6-17(13-9-12(13)16(2)3)15(11)14(8-10)18-4/h5-8,12-13H,9H2,1-4H3. The molecule has 1 aliphatic rings.